The zero-order chi connectivity index (χ0) is 21.5. The Bertz CT molecular complexity index is 956. The Morgan fingerprint density at radius 2 is 2.10 bits per heavy atom. The zero-order valence-corrected chi connectivity index (χ0v) is 18.5. The summed E-state index contributed by atoms with van der Waals surface area (Å²) < 4.78 is 14.2. The Morgan fingerprint density at radius 1 is 1.37 bits per heavy atom. The Hall–Kier alpha value is -2.16. The van der Waals surface area contributed by atoms with Gasteiger partial charge in [0.05, 0.1) is 24.2 Å². The highest BCUT2D eigenvalue weighted by molar-refractivity contribution is 7.07. The lowest BCUT2D eigenvalue weighted by Crippen LogP contribution is -2.59. The Labute approximate surface area is 180 Å². The largest absolute Gasteiger partial charge is 0.348 e. The molecule has 2 aliphatic rings. The van der Waals surface area contributed by atoms with E-state index in [1.54, 1.807) is 30.6 Å². The molecule has 6 nitrogen and oxygen atoms in total. The van der Waals surface area contributed by atoms with Gasteiger partial charge in [0.15, 0.2) is 0 Å². The van der Waals surface area contributed by atoms with Gasteiger partial charge in [-0.25, -0.2) is 18.7 Å². The van der Waals surface area contributed by atoms with Crippen molar-refractivity contribution in [1.82, 2.24) is 19.7 Å². The minimum Gasteiger partial charge on any atom is -0.348 e. The summed E-state index contributed by atoms with van der Waals surface area (Å²) in [6, 6.07) is 4.69. The van der Waals surface area contributed by atoms with Crippen molar-refractivity contribution < 1.29 is 14.0 Å². The van der Waals surface area contributed by atoms with E-state index in [1.807, 2.05) is 12.4 Å². The maximum absolute atomic E-state index is 14.2. The van der Waals surface area contributed by atoms with Crippen LogP contribution in [0.4, 0.5) is 10.1 Å². The Balaban J connectivity index is 1.76. The summed E-state index contributed by atoms with van der Waals surface area (Å²) in [4.78, 5) is 33.0. The summed E-state index contributed by atoms with van der Waals surface area (Å²) in [5.74, 6) is -0.674. The molecule has 8 heteroatoms. The monoisotopic (exact) mass is 431 g/mol. The molecule has 30 heavy (non-hydrogen) atoms. The minimum absolute atomic E-state index is 0.0179. The van der Waals surface area contributed by atoms with Crippen LogP contribution in [0.15, 0.2) is 29.1 Å². The number of carbonyl (C=O) groups excluding carboxylic acids is 2. The summed E-state index contributed by atoms with van der Waals surface area (Å²) in [6.45, 7) is 1.78. The highest BCUT2D eigenvalue weighted by atomic mass is 32.1. The van der Waals surface area contributed by atoms with Crippen LogP contribution < -0.4 is 9.80 Å². The van der Waals surface area contributed by atoms with Crippen LogP contribution in [0.25, 0.3) is 0 Å². The number of hydrogen-bond donors (Lipinski definition) is 1. The summed E-state index contributed by atoms with van der Waals surface area (Å²) in [6.07, 6.45) is 1.77. The van der Waals surface area contributed by atoms with Gasteiger partial charge in [0, 0.05) is 37.5 Å². The van der Waals surface area contributed by atoms with E-state index < -0.39 is 11.3 Å². The number of nitrogens with zero attached hydrogens (tertiary/aromatic N) is 3. The fourth-order valence-corrected chi connectivity index (χ4v) is 5.73. The van der Waals surface area contributed by atoms with Gasteiger partial charge in [-0.05, 0) is 38.1 Å². The van der Waals surface area contributed by atoms with Gasteiger partial charge in [0.2, 0.25) is 5.91 Å². The number of quaternary nitrogens is 1. The van der Waals surface area contributed by atoms with Gasteiger partial charge < -0.3 is 10.2 Å². The number of likely N-dealkylation sites (N-methyl/N-ethyl adjacent to an activating group) is 1. The first-order chi connectivity index (χ1) is 14.3. The van der Waals surface area contributed by atoms with E-state index in [0.29, 0.717) is 25.8 Å². The molecule has 1 aromatic carbocycles. The number of piperidine rings is 1. The Kier molecular flexibility index (Phi) is 5.50. The molecule has 0 radical (unpaired) electrons. The lowest BCUT2D eigenvalue weighted by atomic mass is 9.74. The first-order valence-corrected chi connectivity index (χ1v) is 11.2. The van der Waals surface area contributed by atoms with E-state index in [2.05, 4.69) is 10.3 Å². The van der Waals surface area contributed by atoms with Gasteiger partial charge in [-0.15, -0.1) is 11.3 Å². The number of nitrogens with one attached hydrogen (secondary N) is 1. The number of aromatic nitrogens is 1. The van der Waals surface area contributed by atoms with Gasteiger partial charge in [0.1, 0.15) is 23.5 Å². The van der Waals surface area contributed by atoms with Crippen molar-refractivity contribution in [3.05, 3.63) is 46.2 Å². The second-order valence-electron chi connectivity index (χ2n) is 8.79. The molecule has 0 aliphatic carbocycles. The van der Waals surface area contributed by atoms with Gasteiger partial charge in [-0.1, -0.05) is 0 Å². The first-order valence-electron chi connectivity index (χ1n) is 10.3. The smallest absolute Gasteiger partial charge is 0.329 e. The number of hydrogen-bond acceptors (Lipinski definition) is 5. The molecule has 1 N–H and O–H groups in total. The number of fused-ring (bicyclic) bond motifs is 2. The van der Waals surface area contributed by atoms with E-state index in [-0.39, 0.29) is 22.1 Å². The maximum Gasteiger partial charge on any atom is 0.329 e. The highest BCUT2D eigenvalue weighted by Crippen LogP contribution is 2.50. The topological polar surface area (TPSA) is 62.3 Å². The summed E-state index contributed by atoms with van der Waals surface area (Å²) in [5, 5.41) is 5.26. The van der Waals surface area contributed by atoms with Crippen LogP contribution in [0.2, 0.25) is 0 Å². The minimum atomic E-state index is -0.691. The van der Waals surface area contributed by atoms with E-state index in [0.717, 1.165) is 30.0 Å². The molecule has 1 aromatic heterocycles. The summed E-state index contributed by atoms with van der Waals surface area (Å²) in [7, 11) is 5.35. The van der Waals surface area contributed by atoms with Crippen LogP contribution in [0.3, 0.4) is 0 Å². The van der Waals surface area contributed by atoms with Gasteiger partial charge in [-0.2, -0.15) is 0 Å². The number of carbonyl (C=O) groups is 2. The van der Waals surface area contributed by atoms with Crippen LogP contribution >= 0.6 is 11.3 Å². The molecule has 1 spiro atoms. The molecule has 1 fully saturated rings. The third-order valence-electron chi connectivity index (χ3n) is 6.64. The quantitative estimate of drug-likeness (QED) is 0.739. The molecule has 4 rings (SSSR count). The van der Waals surface area contributed by atoms with Crippen molar-refractivity contribution in [3.63, 3.8) is 0 Å². The molecule has 3 heterocycles. The standard InChI is InChI=1S/C22H28FN4O2S/c1-26(2)20(28)15(10-17-13-30-14-25-17)12-27(3)19-5-4-16(23)11-18(19)22(21(27)29)6-8-24-9-7-22/h4-5,11,13-15,24H,6-10,12H2,1-3H3/q+1. The maximum atomic E-state index is 14.2. The van der Waals surface area contributed by atoms with Crippen LogP contribution in [0.5, 0.6) is 0 Å². The lowest BCUT2D eigenvalue weighted by molar-refractivity contribution is -0.138. The predicted molar refractivity (Wildman–Crippen MR) is 116 cm³/mol. The second kappa shape index (κ2) is 7.83. The van der Waals surface area contributed by atoms with E-state index in [4.69, 9.17) is 0 Å². The predicted octanol–water partition coefficient (Wildman–Crippen LogP) is 2.33. The molecule has 0 bridgehead atoms. The molecule has 160 valence electrons. The second-order valence-corrected chi connectivity index (χ2v) is 9.50. The van der Waals surface area contributed by atoms with Crippen LogP contribution in [-0.2, 0) is 21.4 Å². The van der Waals surface area contributed by atoms with Crippen molar-refractivity contribution in [2.75, 3.05) is 40.8 Å². The molecular formula is C22H28FN4O2S+. The number of halogens is 1. The van der Waals surface area contributed by atoms with Crippen molar-refractivity contribution in [1.29, 1.82) is 0 Å². The molecule has 2 amide bonds. The number of rotatable bonds is 5. The number of benzene rings is 1. The van der Waals surface area contributed by atoms with Crippen molar-refractivity contribution in [2.45, 2.75) is 24.7 Å². The third-order valence-corrected chi connectivity index (χ3v) is 7.27. The van der Waals surface area contributed by atoms with Crippen molar-refractivity contribution in [2.24, 2.45) is 5.92 Å². The van der Waals surface area contributed by atoms with Crippen molar-refractivity contribution >= 4 is 28.8 Å². The van der Waals surface area contributed by atoms with Gasteiger partial charge >= 0.3 is 5.91 Å². The highest BCUT2D eigenvalue weighted by Gasteiger charge is 2.61. The van der Waals surface area contributed by atoms with E-state index in [1.165, 1.54) is 23.5 Å². The summed E-state index contributed by atoms with van der Waals surface area (Å²) in [5.41, 5.74) is 3.53. The molecule has 2 atom stereocenters. The molecule has 2 aliphatic heterocycles. The fraction of sp³-hybridized carbons (Fsp3) is 0.500. The fourth-order valence-electron chi connectivity index (χ4n) is 5.16. The molecular weight excluding hydrogens is 403 g/mol. The normalized spacial score (nSPS) is 23.4. The Morgan fingerprint density at radius 3 is 2.73 bits per heavy atom. The average Bonchev–Trinajstić information content (AvgIpc) is 3.30. The molecule has 1 saturated heterocycles. The molecule has 0 saturated carbocycles. The van der Waals surface area contributed by atoms with Gasteiger partial charge in [-0.3, -0.25) is 4.79 Å². The third kappa shape index (κ3) is 3.36. The van der Waals surface area contributed by atoms with Crippen LogP contribution in [-0.4, -0.2) is 62.5 Å². The average molecular weight is 432 g/mol. The molecule has 2 unspecified atom stereocenters. The van der Waals surface area contributed by atoms with Crippen LogP contribution in [0, 0.1) is 11.7 Å². The lowest BCUT2D eigenvalue weighted by Gasteiger charge is -2.35. The zero-order valence-electron chi connectivity index (χ0n) is 17.7. The summed E-state index contributed by atoms with van der Waals surface area (Å²) >= 11 is 1.50. The number of amides is 2. The molecule has 2 aromatic rings. The number of thiazole rings is 1. The SMILES string of the molecule is CN(C)C(=O)C(Cc1cscn1)C[N+]1(C)C(=O)C2(CCNCC2)c2cc(F)ccc21. The van der Waals surface area contributed by atoms with E-state index in [9.17, 15) is 14.0 Å². The first kappa shape index (κ1) is 21.1. The van der Waals surface area contributed by atoms with Crippen LogP contribution in [0.1, 0.15) is 24.1 Å². The van der Waals surface area contributed by atoms with Gasteiger partial charge in [0.25, 0.3) is 0 Å². The van der Waals surface area contributed by atoms with Crippen molar-refractivity contribution in [3.8, 4) is 0 Å². The van der Waals surface area contributed by atoms with E-state index >= 15 is 0 Å².